The van der Waals surface area contributed by atoms with Gasteiger partial charge in [-0.15, -0.1) is 0 Å². The van der Waals surface area contributed by atoms with Crippen LogP contribution >= 0.6 is 0 Å². The fraction of sp³-hybridized carbons (Fsp3) is 0.895. The summed E-state index contributed by atoms with van der Waals surface area (Å²) in [6.07, 6.45) is 9.39. The summed E-state index contributed by atoms with van der Waals surface area (Å²) >= 11 is 0. The van der Waals surface area contributed by atoms with Gasteiger partial charge < -0.3 is 14.6 Å². The summed E-state index contributed by atoms with van der Waals surface area (Å²) < 4.78 is 39.2. The monoisotopic (exact) mass is 424 g/mol. The Balaban J connectivity index is 3.58. The molecular weight excluding hydrogens is 388 g/mol. The van der Waals surface area contributed by atoms with E-state index in [1.165, 1.54) is 44.9 Å². The first-order valence-electron chi connectivity index (χ1n) is 10.2. The molecule has 1 unspecified atom stereocenters. The van der Waals surface area contributed by atoms with E-state index < -0.39 is 40.3 Å². The molecule has 0 saturated carbocycles. The summed E-state index contributed by atoms with van der Waals surface area (Å²) in [6, 6.07) is 0. The number of ether oxygens (including phenoxy) is 2. The molecule has 0 aliphatic heterocycles. The lowest BCUT2D eigenvalue weighted by Gasteiger charge is -2.10. The largest absolute Gasteiger partial charge is 0.466 e. The first-order valence-corrected chi connectivity index (χ1v) is 11.8. The third kappa shape index (κ3) is 18.2. The van der Waals surface area contributed by atoms with Crippen LogP contribution in [0.3, 0.4) is 0 Å². The highest BCUT2D eigenvalue weighted by Gasteiger charge is 2.21. The first kappa shape index (κ1) is 26.8. The highest BCUT2D eigenvalue weighted by atomic mass is 32.2. The predicted molar refractivity (Wildman–Crippen MR) is 105 cm³/mol. The van der Waals surface area contributed by atoms with Gasteiger partial charge in [-0.05, 0) is 12.8 Å². The molecule has 0 fully saturated rings. The van der Waals surface area contributed by atoms with E-state index in [2.05, 4.69) is 11.7 Å². The molecule has 0 spiro atoms. The maximum absolute atomic E-state index is 11.6. The standard InChI is InChI=1S/C19H36O8S/c1-2-3-4-5-6-7-8-9-10-11-13-27-19(22)17(20)16-18(21)26-14-12-15-28(23,24)25/h17,20H,2-16H2,1H3,(H,23,24,25). The number of hydrogen-bond acceptors (Lipinski definition) is 7. The second-order valence-electron chi connectivity index (χ2n) is 6.93. The van der Waals surface area contributed by atoms with E-state index in [-0.39, 0.29) is 19.6 Å². The number of rotatable bonds is 18. The summed E-state index contributed by atoms with van der Waals surface area (Å²) in [5.41, 5.74) is 0. The minimum atomic E-state index is -4.10. The number of carbonyl (C=O) groups is 2. The molecule has 0 aliphatic rings. The van der Waals surface area contributed by atoms with E-state index >= 15 is 0 Å². The molecule has 0 amide bonds. The van der Waals surface area contributed by atoms with Gasteiger partial charge in [0.25, 0.3) is 10.1 Å². The Labute approximate surface area is 168 Å². The maximum Gasteiger partial charge on any atom is 0.335 e. The molecule has 1 atom stereocenters. The van der Waals surface area contributed by atoms with Crippen LogP contribution < -0.4 is 0 Å². The van der Waals surface area contributed by atoms with Crippen LogP contribution in [0.4, 0.5) is 0 Å². The van der Waals surface area contributed by atoms with Crippen molar-refractivity contribution in [1.29, 1.82) is 0 Å². The molecule has 9 heteroatoms. The van der Waals surface area contributed by atoms with E-state index in [0.29, 0.717) is 6.42 Å². The zero-order valence-corrected chi connectivity index (χ0v) is 17.8. The lowest BCUT2D eigenvalue weighted by molar-refractivity contribution is -0.160. The lowest BCUT2D eigenvalue weighted by atomic mass is 10.1. The molecule has 0 bridgehead atoms. The molecule has 0 saturated heterocycles. The highest BCUT2D eigenvalue weighted by Crippen LogP contribution is 2.10. The van der Waals surface area contributed by atoms with E-state index in [9.17, 15) is 23.1 Å². The molecule has 28 heavy (non-hydrogen) atoms. The van der Waals surface area contributed by atoms with Crippen LogP contribution in [0.1, 0.15) is 84.0 Å². The van der Waals surface area contributed by atoms with Crippen molar-refractivity contribution in [1.82, 2.24) is 0 Å². The Kier molecular flexibility index (Phi) is 16.0. The molecule has 0 aliphatic carbocycles. The molecule has 0 aromatic heterocycles. The van der Waals surface area contributed by atoms with Gasteiger partial charge in [0.1, 0.15) is 0 Å². The quantitative estimate of drug-likeness (QED) is 0.195. The van der Waals surface area contributed by atoms with Crippen molar-refractivity contribution in [2.24, 2.45) is 0 Å². The number of carbonyl (C=O) groups excluding carboxylic acids is 2. The Morgan fingerprint density at radius 1 is 0.821 bits per heavy atom. The fourth-order valence-corrected chi connectivity index (χ4v) is 3.07. The Hall–Kier alpha value is -1.19. The van der Waals surface area contributed by atoms with E-state index in [0.717, 1.165) is 12.8 Å². The molecule has 0 radical (unpaired) electrons. The smallest absolute Gasteiger partial charge is 0.335 e. The van der Waals surface area contributed by atoms with Gasteiger partial charge in [-0.3, -0.25) is 9.35 Å². The number of esters is 2. The van der Waals surface area contributed by atoms with Crippen molar-refractivity contribution >= 4 is 22.1 Å². The zero-order chi connectivity index (χ0) is 21.3. The minimum Gasteiger partial charge on any atom is -0.466 e. The summed E-state index contributed by atoms with van der Waals surface area (Å²) in [5, 5.41) is 9.62. The van der Waals surface area contributed by atoms with Gasteiger partial charge in [0.2, 0.25) is 0 Å². The van der Waals surface area contributed by atoms with Crippen LogP contribution in [0.5, 0.6) is 0 Å². The molecule has 166 valence electrons. The van der Waals surface area contributed by atoms with Gasteiger partial charge in [-0.25, -0.2) is 4.79 Å². The molecule has 0 aromatic rings. The summed E-state index contributed by atoms with van der Waals surface area (Å²) in [4.78, 5) is 23.0. The van der Waals surface area contributed by atoms with Crippen LogP contribution in [0.2, 0.25) is 0 Å². The van der Waals surface area contributed by atoms with Crippen LogP contribution in [-0.4, -0.2) is 55.1 Å². The first-order chi connectivity index (χ1) is 13.3. The van der Waals surface area contributed by atoms with E-state index in [4.69, 9.17) is 9.29 Å². The van der Waals surface area contributed by atoms with Crippen LogP contribution in [-0.2, 0) is 29.2 Å². The van der Waals surface area contributed by atoms with Crippen molar-refractivity contribution in [3.8, 4) is 0 Å². The third-order valence-electron chi connectivity index (χ3n) is 4.18. The summed E-state index contributed by atoms with van der Waals surface area (Å²) in [5.74, 6) is -2.23. The van der Waals surface area contributed by atoms with Crippen LogP contribution in [0, 0.1) is 0 Å². The van der Waals surface area contributed by atoms with Gasteiger partial charge in [-0.1, -0.05) is 64.7 Å². The highest BCUT2D eigenvalue weighted by molar-refractivity contribution is 7.85. The van der Waals surface area contributed by atoms with Gasteiger partial charge in [0.15, 0.2) is 6.10 Å². The van der Waals surface area contributed by atoms with Crippen molar-refractivity contribution in [3.63, 3.8) is 0 Å². The topological polar surface area (TPSA) is 127 Å². The average Bonchev–Trinajstić information content (AvgIpc) is 2.62. The minimum absolute atomic E-state index is 0.0656. The predicted octanol–water partition coefficient (Wildman–Crippen LogP) is 3.02. The number of aliphatic hydroxyl groups excluding tert-OH is 1. The molecule has 0 aromatic carbocycles. The molecular formula is C19H36O8S. The molecule has 8 nitrogen and oxygen atoms in total. The average molecular weight is 425 g/mol. The second kappa shape index (κ2) is 16.7. The third-order valence-corrected chi connectivity index (χ3v) is 4.99. The van der Waals surface area contributed by atoms with Gasteiger partial charge in [0.05, 0.1) is 25.4 Å². The van der Waals surface area contributed by atoms with E-state index in [1.54, 1.807) is 0 Å². The number of aliphatic hydroxyl groups is 1. The van der Waals surface area contributed by atoms with E-state index in [1.807, 2.05) is 0 Å². The molecule has 0 heterocycles. The lowest BCUT2D eigenvalue weighted by Crippen LogP contribution is -2.27. The van der Waals surface area contributed by atoms with Gasteiger partial charge in [0, 0.05) is 0 Å². The Morgan fingerprint density at radius 2 is 1.32 bits per heavy atom. The van der Waals surface area contributed by atoms with Gasteiger partial charge >= 0.3 is 11.9 Å². The van der Waals surface area contributed by atoms with Crippen LogP contribution in [0.25, 0.3) is 0 Å². The Morgan fingerprint density at radius 3 is 1.86 bits per heavy atom. The van der Waals surface area contributed by atoms with Crippen molar-refractivity contribution in [3.05, 3.63) is 0 Å². The number of unbranched alkanes of at least 4 members (excludes halogenated alkanes) is 9. The SMILES string of the molecule is CCCCCCCCCCCCOC(=O)C(O)CC(=O)OCCCS(=O)(=O)O. The maximum atomic E-state index is 11.6. The van der Waals surface area contributed by atoms with Gasteiger partial charge in [-0.2, -0.15) is 8.42 Å². The fourth-order valence-electron chi connectivity index (χ4n) is 2.59. The second-order valence-corrected chi connectivity index (χ2v) is 8.50. The summed E-state index contributed by atoms with van der Waals surface area (Å²) in [7, 11) is -4.10. The Bertz CT molecular complexity index is 518. The zero-order valence-electron chi connectivity index (χ0n) is 16.9. The van der Waals surface area contributed by atoms with Crippen molar-refractivity contribution < 1.29 is 37.1 Å². The van der Waals surface area contributed by atoms with Crippen molar-refractivity contribution in [2.75, 3.05) is 19.0 Å². The van der Waals surface area contributed by atoms with Crippen LogP contribution in [0.15, 0.2) is 0 Å². The van der Waals surface area contributed by atoms with Crippen molar-refractivity contribution in [2.45, 2.75) is 90.1 Å². The normalized spacial score (nSPS) is 12.5. The summed E-state index contributed by atoms with van der Waals surface area (Å²) in [6.45, 7) is 2.18. The molecule has 2 N–H and O–H groups in total. The molecule has 0 rings (SSSR count). The number of hydrogen-bond donors (Lipinski definition) is 2.